The van der Waals surface area contributed by atoms with Crippen LogP contribution in [0.15, 0.2) is 23.3 Å². The van der Waals surface area contributed by atoms with E-state index in [9.17, 15) is 10.1 Å². The van der Waals surface area contributed by atoms with Crippen LogP contribution < -0.4 is 0 Å². The largest absolute Gasteiger partial charge is 0.371 e. The van der Waals surface area contributed by atoms with Crippen molar-refractivity contribution in [1.82, 2.24) is 0 Å². The molecule has 89 valence electrons. The molecule has 0 bridgehead atoms. The summed E-state index contributed by atoms with van der Waals surface area (Å²) in [4.78, 5) is 13.0. The lowest BCUT2D eigenvalue weighted by molar-refractivity contribution is -0.386. The number of nitro benzene ring substituents is 1. The lowest BCUT2D eigenvalue weighted by Crippen LogP contribution is -2.02. The molecule has 17 heavy (non-hydrogen) atoms. The molecule has 0 aliphatic carbocycles. The predicted octanol–water partition coefficient (Wildman–Crippen LogP) is 3.27. The molecule has 1 radical (unpaired) electrons. The Balaban J connectivity index is 3.18. The van der Waals surface area contributed by atoms with Gasteiger partial charge in [0.2, 0.25) is 0 Å². The van der Waals surface area contributed by atoms with Crippen molar-refractivity contribution in [2.75, 3.05) is 0 Å². The van der Waals surface area contributed by atoms with Gasteiger partial charge in [-0.05, 0) is 24.1 Å². The molecular weight excluding hydrogens is 224 g/mol. The Hall–Kier alpha value is -2.11. The maximum absolute atomic E-state index is 10.8. The number of rotatable bonds is 5. The fraction of sp³-hybridized carbons (Fsp3) is 0.300. The first-order chi connectivity index (χ1) is 8.10. The van der Waals surface area contributed by atoms with Gasteiger partial charge in [-0.15, -0.1) is 0 Å². The summed E-state index contributed by atoms with van der Waals surface area (Å²) in [6.45, 7) is 1.80. The minimum atomic E-state index is -0.499. The van der Waals surface area contributed by atoms with Crippen LogP contribution >= 0.6 is 0 Å². The number of azide groups is 1. The Bertz CT molecular complexity index is 469. The molecule has 0 saturated carbocycles. The first-order valence-electron chi connectivity index (χ1n) is 4.79. The zero-order chi connectivity index (χ0) is 12.8. The summed E-state index contributed by atoms with van der Waals surface area (Å²) in [7, 11) is 3.25. The molecule has 0 amide bonds. The summed E-state index contributed by atoms with van der Waals surface area (Å²) < 4.78 is 4.83. The van der Waals surface area contributed by atoms with Gasteiger partial charge in [0.25, 0.3) is 5.69 Å². The highest BCUT2D eigenvalue weighted by Gasteiger charge is 2.18. The van der Waals surface area contributed by atoms with E-state index in [2.05, 4.69) is 17.1 Å². The minimum absolute atomic E-state index is 0.0363. The number of ether oxygens (including phenoxy) is 1. The maximum Gasteiger partial charge on any atom is 0.275 e. The molecule has 0 aliphatic heterocycles. The molecule has 1 unspecified atom stereocenters. The zero-order valence-electron chi connectivity index (χ0n) is 9.24. The van der Waals surface area contributed by atoms with Gasteiger partial charge < -0.3 is 4.74 Å². The molecule has 0 N–H and O–H groups in total. The van der Waals surface area contributed by atoms with E-state index in [1.807, 2.05) is 0 Å². The molecule has 7 nitrogen and oxygen atoms in total. The molecule has 1 aromatic carbocycles. The van der Waals surface area contributed by atoms with Gasteiger partial charge in [-0.1, -0.05) is 11.2 Å². The molecular formula is C10H11N4O3. The van der Waals surface area contributed by atoms with Gasteiger partial charge in [0.1, 0.15) is 0 Å². The molecule has 1 rings (SSSR count). The van der Waals surface area contributed by atoms with Gasteiger partial charge in [0, 0.05) is 11.0 Å². The van der Waals surface area contributed by atoms with Crippen LogP contribution in [0.3, 0.4) is 0 Å². The van der Waals surface area contributed by atoms with Gasteiger partial charge >= 0.3 is 0 Å². The normalized spacial score (nSPS) is 11.6. The van der Waals surface area contributed by atoms with E-state index in [4.69, 9.17) is 10.3 Å². The van der Waals surface area contributed by atoms with Crippen molar-refractivity contribution in [3.63, 3.8) is 0 Å². The quantitative estimate of drug-likeness (QED) is 0.257. The summed E-state index contributed by atoms with van der Waals surface area (Å²) in [5.41, 5.74) is 9.27. The summed E-state index contributed by atoms with van der Waals surface area (Å²) >= 11 is 0. The van der Waals surface area contributed by atoms with Crippen molar-refractivity contribution in [3.8, 4) is 0 Å². The molecule has 0 aliphatic rings. The average molecular weight is 235 g/mol. The number of hydrogen-bond donors (Lipinski definition) is 0. The molecule has 1 aromatic rings. The number of hydrogen-bond acceptors (Lipinski definition) is 4. The second-order valence-electron chi connectivity index (χ2n) is 3.35. The highest BCUT2D eigenvalue weighted by atomic mass is 16.6. The van der Waals surface area contributed by atoms with E-state index in [0.29, 0.717) is 11.1 Å². The third-order valence-electron chi connectivity index (χ3n) is 2.29. The molecule has 7 heteroatoms. The van der Waals surface area contributed by atoms with Crippen LogP contribution in [0.4, 0.5) is 5.69 Å². The Kier molecular flexibility index (Phi) is 4.45. The van der Waals surface area contributed by atoms with E-state index in [1.165, 1.54) is 6.07 Å². The standard InChI is InChI=1S/C10H11N4O3/c1-7(17-2)9-5-8(6-12-13-11)3-4-10(9)14(15)16/h3-5,7H,2,6H2,1H3. The van der Waals surface area contributed by atoms with Crippen molar-refractivity contribution in [1.29, 1.82) is 0 Å². The first-order valence-corrected chi connectivity index (χ1v) is 4.79. The first kappa shape index (κ1) is 13.0. The van der Waals surface area contributed by atoms with Crippen LogP contribution in [0.1, 0.15) is 24.2 Å². The van der Waals surface area contributed by atoms with Gasteiger partial charge in [0.15, 0.2) is 0 Å². The summed E-state index contributed by atoms with van der Waals surface area (Å²) in [6, 6.07) is 4.50. The van der Waals surface area contributed by atoms with Crippen LogP contribution in [0, 0.1) is 17.2 Å². The Morgan fingerprint density at radius 3 is 2.94 bits per heavy atom. The number of benzene rings is 1. The molecule has 0 fully saturated rings. The van der Waals surface area contributed by atoms with Gasteiger partial charge in [0.05, 0.1) is 30.2 Å². The predicted molar refractivity (Wildman–Crippen MR) is 60.8 cm³/mol. The Morgan fingerprint density at radius 2 is 2.41 bits per heavy atom. The van der Waals surface area contributed by atoms with Crippen LogP contribution in [0.5, 0.6) is 0 Å². The van der Waals surface area contributed by atoms with Crippen LogP contribution in [0.2, 0.25) is 0 Å². The van der Waals surface area contributed by atoms with Crippen molar-refractivity contribution < 1.29 is 9.66 Å². The third-order valence-corrected chi connectivity index (χ3v) is 2.29. The number of nitrogens with zero attached hydrogens (tertiary/aromatic N) is 4. The Morgan fingerprint density at radius 1 is 1.71 bits per heavy atom. The molecule has 0 saturated heterocycles. The second kappa shape index (κ2) is 5.83. The third kappa shape index (κ3) is 3.17. The van der Waals surface area contributed by atoms with Gasteiger partial charge in [-0.3, -0.25) is 10.1 Å². The molecule has 0 aromatic heterocycles. The van der Waals surface area contributed by atoms with E-state index < -0.39 is 11.0 Å². The van der Waals surface area contributed by atoms with Crippen molar-refractivity contribution >= 4 is 5.69 Å². The van der Waals surface area contributed by atoms with Crippen molar-refractivity contribution in [2.24, 2.45) is 5.11 Å². The smallest absolute Gasteiger partial charge is 0.275 e. The number of nitro groups is 1. The SMILES string of the molecule is [CH2]OC(C)c1cc(CN=[N+]=[N-])ccc1[N+](=O)[O-]. The van der Waals surface area contributed by atoms with Gasteiger partial charge in [-0.25, -0.2) is 0 Å². The second-order valence-corrected chi connectivity index (χ2v) is 3.35. The monoisotopic (exact) mass is 235 g/mol. The fourth-order valence-electron chi connectivity index (χ4n) is 1.40. The van der Waals surface area contributed by atoms with Crippen LogP contribution in [-0.2, 0) is 11.3 Å². The Labute approximate surface area is 97.8 Å². The topological polar surface area (TPSA) is 101 Å². The minimum Gasteiger partial charge on any atom is -0.371 e. The van der Waals surface area contributed by atoms with Crippen LogP contribution in [0.25, 0.3) is 10.4 Å². The maximum atomic E-state index is 10.8. The lowest BCUT2D eigenvalue weighted by atomic mass is 10.0. The van der Waals surface area contributed by atoms with Crippen molar-refractivity contribution in [2.45, 2.75) is 19.6 Å². The average Bonchev–Trinajstić information content (AvgIpc) is 2.34. The van der Waals surface area contributed by atoms with E-state index in [1.54, 1.807) is 19.1 Å². The summed E-state index contributed by atoms with van der Waals surface area (Å²) in [5.74, 6) is 0. The van der Waals surface area contributed by atoms with E-state index in [0.717, 1.165) is 0 Å². The molecule has 0 spiro atoms. The summed E-state index contributed by atoms with van der Waals surface area (Å²) in [5, 5.41) is 14.2. The summed E-state index contributed by atoms with van der Waals surface area (Å²) in [6.07, 6.45) is -0.499. The zero-order valence-corrected chi connectivity index (χ0v) is 9.24. The van der Waals surface area contributed by atoms with E-state index in [-0.39, 0.29) is 12.2 Å². The fourth-order valence-corrected chi connectivity index (χ4v) is 1.40. The molecule has 1 atom stereocenters. The van der Waals surface area contributed by atoms with Gasteiger partial charge in [-0.2, -0.15) is 0 Å². The van der Waals surface area contributed by atoms with Crippen molar-refractivity contribution in [3.05, 3.63) is 57.0 Å². The molecule has 0 heterocycles. The van der Waals surface area contributed by atoms with Crippen LogP contribution in [-0.4, -0.2) is 4.92 Å². The highest BCUT2D eigenvalue weighted by Crippen LogP contribution is 2.28. The highest BCUT2D eigenvalue weighted by molar-refractivity contribution is 5.44. The lowest BCUT2D eigenvalue weighted by Gasteiger charge is -2.11. The van der Waals surface area contributed by atoms with E-state index >= 15 is 0 Å².